The molecule has 1 aliphatic rings. The van der Waals surface area contributed by atoms with E-state index in [1.165, 1.54) is 0 Å². The van der Waals surface area contributed by atoms with E-state index < -0.39 is 0 Å². The first-order valence-corrected chi connectivity index (χ1v) is 21.4. The molecular formula is C57H36N4O2. The van der Waals surface area contributed by atoms with Crippen molar-refractivity contribution in [2.75, 3.05) is 0 Å². The second kappa shape index (κ2) is 14.1. The van der Waals surface area contributed by atoms with Gasteiger partial charge in [-0.3, -0.25) is 0 Å². The fourth-order valence-corrected chi connectivity index (χ4v) is 9.65. The second-order valence-corrected chi connectivity index (χ2v) is 16.2. The van der Waals surface area contributed by atoms with Crippen molar-refractivity contribution < 1.29 is 8.83 Å². The number of allylic oxidation sites excluding steroid dienone is 4. The number of benzene rings is 8. The molecule has 13 rings (SSSR count). The molecule has 1 aliphatic carbocycles. The van der Waals surface area contributed by atoms with Gasteiger partial charge in [0.05, 0.1) is 27.5 Å². The highest BCUT2D eigenvalue weighted by atomic mass is 16.3. The van der Waals surface area contributed by atoms with Crippen molar-refractivity contribution in [3.63, 3.8) is 0 Å². The Morgan fingerprint density at radius 3 is 1.76 bits per heavy atom. The third-order valence-corrected chi connectivity index (χ3v) is 12.5. The van der Waals surface area contributed by atoms with E-state index >= 15 is 0 Å². The summed E-state index contributed by atoms with van der Waals surface area (Å²) in [5.41, 5.74) is 12.6. The SMILES string of the molecule is C1=CCC(c2nc(-c3ccccc3)nc(-c3cc(-c4ccccc4)c(-n4c5ccccc5c5c6oc7ccc8c9ccccc9oc8c7c6ccc54)c(-c4ccccc4)c3)n2)C=C1. The van der Waals surface area contributed by atoms with Gasteiger partial charge in [-0.2, -0.15) is 0 Å². The zero-order valence-corrected chi connectivity index (χ0v) is 33.9. The second-order valence-electron chi connectivity index (χ2n) is 16.2. The van der Waals surface area contributed by atoms with Crippen molar-refractivity contribution in [1.82, 2.24) is 19.5 Å². The van der Waals surface area contributed by atoms with Crippen LogP contribution in [0.2, 0.25) is 0 Å². The molecule has 1 atom stereocenters. The van der Waals surface area contributed by atoms with Gasteiger partial charge < -0.3 is 13.4 Å². The molecule has 6 heteroatoms. The van der Waals surface area contributed by atoms with Gasteiger partial charge in [0.1, 0.15) is 28.2 Å². The molecule has 1 unspecified atom stereocenters. The van der Waals surface area contributed by atoms with Gasteiger partial charge in [-0.15, -0.1) is 0 Å². The van der Waals surface area contributed by atoms with Gasteiger partial charge >= 0.3 is 0 Å². The first-order valence-electron chi connectivity index (χ1n) is 21.4. The molecule has 6 nitrogen and oxygen atoms in total. The molecule has 0 amide bonds. The smallest absolute Gasteiger partial charge is 0.163 e. The van der Waals surface area contributed by atoms with Crippen molar-refractivity contribution in [3.8, 4) is 50.7 Å². The molecule has 0 aliphatic heterocycles. The predicted molar refractivity (Wildman–Crippen MR) is 256 cm³/mol. The van der Waals surface area contributed by atoms with Crippen LogP contribution in [0, 0.1) is 0 Å². The van der Waals surface area contributed by atoms with Crippen LogP contribution in [0.15, 0.2) is 209 Å². The Kier molecular flexibility index (Phi) is 7.93. The minimum Gasteiger partial charge on any atom is -0.455 e. The van der Waals surface area contributed by atoms with Gasteiger partial charge in [-0.1, -0.05) is 152 Å². The molecule has 12 aromatic rings. The van der Waals surface area contributed by atoms with Crippen LogP contribution >= 0.6 is 0 Å². The fourth-order valence-electron chi connectivity index (χ4n) is 9.65. The van der Waals surface area contributed by atoms with Crippen molar-refractivity contribution in [2.24, 2.45) is 0 Å². The quantitative estimate of drug-likeness (QED) is 0.167. The molecule has 0 fully saturated rings. The molecular weight excluding hydrogens is 773 g/mol. The van der Waals surface area contributed by atoms with Crippen molar-refractivity contribution in [2.45, 2.75) is 12.3 Å². The number of furan rings is 2. The largest absolute Gasteiger partial charge is 0.455 e. The van der Waals surface area contributed by atoms with Crippen LogP contribution < -0.4 is 0 Å². The summed E-state index contributed by atoms with van der Waals surface area (Å²) >= 11 is 0. The summed E-state index contributed by atoms with van der Waals surface area (Å²) < 4.78 is 15.9. The lowest BCUT2D eigenvalue weighted by Gasteiger charge is -2.21. The maximum Gasteiger partial charge on any atom is 0.163 e. The van der Waals surface area contributed by atoms with Crippen LogP contribution in [0.25, 0.3) is 116 Å². The van der Waals surface area contributed by atoms with Crippen molar-refractivity contribution in [3.05, 3.63) is 206 Å². The van der Waals surface area contributed by atoms with Crippen LogP contribution in [0.4, 0.5) is 0 Å². The zero-order chi connectivity index (χ0) is 41.4. The van der Waals surface area contributed by atoms with E-state index in [0.717, 1.165) is 117 Å². The predicted octanol–water partition coefficient (Wildman–Crippen LogP) is 15.0. The molecule has 0 saturated heterocycles. The number of rotatable bonds is 6. The van der Waals surface area contributed by atoms with E-state index in [1.54, 1.807) is 0 Å². The highest BCUT2D eigenvalue weighted by Crippen LogP contribution is 2.47. The molecule has 0 bridgehead atoms. The molecule has 0 radical (unpaired) electrons. The van der Waals surface area contributed by atoms with E-state index in [2.05, 4.69) is 174 Å². The van der Waals surface area contributed by atoms with Crippen LogP contribution in [-0.2, 0) is 0 Å². The Morgan fingerprint density at radius 1 is 0.444 bits per heavy atom. The summed E-state index contributed by atoms with van der Waals surface area (Å²) in [6, 6.07) is 61.6. The average Bonchev–Trinajstić information content (AvgIpc) is 4.04. The van der Waals surface area contributed by atoms with Gasteiger partial charge in [0.15, 0.2) is 11.6 Å². The summed E-state index contributed by atoms with van der Waals surface area (Å²) in [5.74, 6) is 2.08. The number of hydrogen-bond acceptors (Lipinski definition) is 5. The summed E-state index contributed by atoms with van der Waals surface area (Å²) in [5, 5.41) is 6.34. The Bertz CT molecular complexity index is 3760. The monoisotopic (exact) mass is 808 g/mol. The first kappa shape index (κ1) is 35.4. The maximum absolute atomic E-state index is 6.94. The highest BCUT2D eigenvalue weighted by Gasteiger charge is 2.26. The van der Waals surface area contributed by atoms with Crippen molar-refractivity contribution >= 4 is 65.7 Å². The lowest BCUT2D eigenvalue weighted by atomic mass is 9.92. The van der Waals surface area contributed by atoms with Crippen LogP contribution in [0.3, 0.4) is 0 Å². The Balaban J connectivity index is 1.13. The van der Waals surface area contributed by atoms with Crippen LogP contribution in [0.5, 0.6) is 0 Å². The number of aromatic nitrogens is 4. The molecule has 8 aromatic carbocycles. The van der Waals surface area contributed by atoms with Gasteiger partial charge in [0.25, 0.3) is 0 Å². The molecule has 4 heterocycles. The molecule has 63 heavy (non-hydrogen) atoms. The minimum absolute atomic E-state index is 0.0382. The zero-order valence-electron chi connectivity index (χ0n) is 33.9. The Labute approximate surface area is 361 Å². The molecule has 296 valence electrons. The van der Waals surface area contributed by atoms with E-state index in [1.807, 2.05) is 30.3 Å². The first-order chi connectivity index (χ1) is 31.2. The number of hydrogen-bond donors (Lipinski definition) is 0. The van der Waals surface area contributed by atoms with E-state index in [0.29, 0.717) is 11.6 Å². The van der Waals surface area contributed by atoms with Crippen molar-refractivity contribution in [1.29, 1.82) is 0 Å². The third kappa shape index (κ3) is 5.62. The van der Waals surface area contributed by atoms with Gasteiger partial charge in [-0.05, 0) is 66.1 Å². The summed E-state index contributed by atoms with van der Waals surface area (Å²) in [4.78, 5) is 15.6. The lowest BCUT2D eigenvalue weighted by Crippen LogP contribution is -2.08. The molecule has 0 saturated carbocycles. The standard InChI is InChI=1S/C57H36N4O2/c1-5-17-35(18-6-1)44-33-39(57-59-55(37-21-9-3-10-22-37)58-56(60-57)38-23-11-4-12-24-38)34-45(36-19-7-2-8-20-36)52(44)61-46-27-15-13-26-42(46)50-47(61)31-29-43-51-49(63-54(43)50)32-30-41-40-25-14-16-28-48(40)62-53(41)51/h1-23,25-34,38H,24H2. The van der Waals surface area contributed by atoms with E-state index in [-0.39, 0.29) is 5.92 Å². The summed E-state index contributed by atoms with van der Waals surface area (Å²) in [7, 11) is 0. The summed E-state index contributed by atoms with van der Waals surface area (Å²) in [6.45, 7) is 0. The van der Waals surface area contributed by atoms with Crippen LogP contribution in [0.1, 0.15) is 18.2 Å². The molecule has 0 N–H and O–H groups in total. The van der Waals surface area contributed by atoms with Gasteiger partial charge in [0.2, 0.25) is 0 Å². The fraction of sp³-hybridized carbons (Fsp3) is 0.0351. The Hall–Kier alpha value is -8.35. The average molecular weight is 809 g/mol. The normalized spacial score (nSPS) is 14.0. The van der Waals surface area contributed by atoms with Gasteiger partial charge in [-0.25, -0.2) is 15.0 Å². The van der Waals surface area contributed by atoms with Gasteiger partial charge in [0, 0.05) is 49.7 Å². The number of fused-ring (bicyclic) bond motifs is 11. The number of para-hydroxylation sites is 2. The third-order valence-electron chi connectivity index (χ3n) is 12.5. The summed E-state index contributed by atoms with van der Waals surface area (Å²) in [6.07, 6.45) is 9.35. The lowest BCUT2D eigenvalue weighted by molar-refractivity contribution is 0.665. The molecule has 0 spiro atoms. The molecule has 4 aromatic heterocycles. The topological polar surface area (TPSA) is 69.9 Å². The van der Waals surface area contributed by atoms with E-state index in [4.69, 9.17) is 23.8 Å². The van der Waals surface area contributed by atoms with E-state index in [9.17, 15) is 0 Å². The maximum atomic E-state index is 6.94. The minimum atomic E-state index is 0.0382. The Morgan fingerprint density at radius 2 is 1.05 bits per heavy atom. The highest BCUT2D eigenvalue weighted by molar-refractivity contribution is 6.29. The van der Waals surface area contributed by atoms with Crippen LogP contribution in [-0.4, -0.2) is 19.5 Å². The number of nitrogens with zero attached hydrogens (tertiary/aromatic N) is 4.